The van der Waals surface area contributed by atoms with Gasteiger partial charge >= 0.3 is 12.4 Å². The van der Waals surface area contributed by atoms with Crippen molar-refractivity contribution >= 4 is 0 Å². The summed E-state index contributed by atoms with van der Waals surface area (Å²) in [7, 11) is 0. The van der Waals surface area contributed by atoms with Crippen molar-refractivity contribution in [3.63, 3.8) is 0 Å². The largest absolute Gasteiger partial charge is 0.456 e. The first-order valence-electron chi connectivity index (χ1n) is 6.89. The van der Waals surface area contributed by atoms with E-state index in [2.05, 4.69) is 20.2 Å². The van der Waals surface area contributed by atoms with Crippen LogP contribution in [0.1, 0.15) is 30.9 Å². The van der Waals surface area contributed by atoms with E-state index >= 15 is 0 Å². The van der Waals surface area contributed by atoms with Gasteiger partial charge in [0.15, 0.2) is 0 Å². The topological polar surface area (TPSA) is 73.9 Å². The summed E-state index contributed by atoms with van der Waals surface area (Å²) in [5.41, 5.74) is 1.04. The first-order valence-corrected chi connectivity index (χ1v) is 6.89. The molecule has 0 bridgehead atoms. The Hall–Kier alpha value is -2.97. The van der Waals surface area contributed by atoms with Crippen molar-refractivity contribution in [3.05, 3.63) is 53.9 Å². The third-order valence-corrected chi connectivity index (χ3v) is 3.12. The number of hydrogen-bond acceptors (Lipinski definition) is 6. The number of aromatic nitrogens is 4. The number of nitrogens with zero attached hydrogens (tertiary/aromatic N) is 4. The van der Waals surface area contributed by atoms with E-state index in [0.717, 1.165) is 5.56 Å². The summed E-state index contributed by atoms with van der Waals surface area (Å²) in [6, 6.07) is 5.92. The molecule has 3 rings (SSSR count). The molecule has 0 aliphatic carbocycles. The van der Waals surface area contributed by atoms with Gasteiger partial charge in [0.2, 0.25) is 0 Å². The number of halogens is 3. The molecule has 0 aliphatic heterocycles. The molecule has 1 atom stereocenters. The van der Waals surface area contributed by atoms with E-state index < -0.39 is 18.4 Å². The van der Waals surface area contributed by atoms with Crippen molar-refractivity contribution in [1.82, 2.24) is 20.2 Å². The third-order valence-electron chi connectivity index (χ3n) is 3.12. The standard InChI is InChI=1S/C15H11F3N4O2/c1-8(9-2-4-11(16)5-3-9)23-15-19-6-10(7-20-15)13-21-22-14(24-13)12(17)18/h2-8,12H,1H3. The molecule has 2 aromatic heterocycles. The van der Waals surface area contributed by atoms with Crippen molar-refractivity contribution in [2.45, 2.75) is 19.5 Å². The smallest absolute Gasteiger partial charge is 0.316 e. The highest BCUT2D eigenvalue weighted by atomic mass is 19.3. The molecule has 0 spiro atoms. The summed E-state index contributed by atoms with van der Waals surface area (Å²) in [6.07, 6.45) is -0.595. The molecule has 0 saturated carbocycles. The molecule has 124 valence electrons. The van der Waals surface area contributed by atoms with Gasteiger partial charge in [-0.05, 0) is 24.6 Å². The van der Waals surface area contributed by atoms with Gasteiger partial charge in [-0.2, -0.15) is 8.78 Å². The molecule has 6 nitrogen and oxygen atoms in total. The van der Waals surface area contributed by atoms with Crippen LogP contribution in [0.25, 0.3) is 11.5 Å². The predicted octanol–water partition coefficient (Wildman–Crippen LogP) is 3.74. The van der Waals surface area contributed by atoms with Crippen molar-refractivity contribution < 1.29 is 22.3 Å². The van der Waals surface area contributed by atoms with Crippen LogP contribution in [-0.2, 0) is 0 Å². The molecule has 1 aromatic carbocycles. The zero-order chi connectivity index (χ0) is 17.1. The Bertz CT molecular complexity index is 806. The Morgan fingerprint density at radius 3 is 2.29 bits per heavy atom. The van der Waals surface area contributed by atoms with Crippen LogP contribution in [0.2, 0.25) is 0 Å². The van der Waals surface area contributed by atoms with Crippen LogP contribution in [0, 0.1) is 5.82 Å². The zero-order valence-electron chi connectivity index (χ0n) is 12.4. The molecule has 0 N–H and O–H groups in total. The number of ether oxygens (including phenoxy) is 1. The van der Waals surface area contributed by atoms with Gasteiger partial charge < -0.3 is 9.15 Å². The van der Waals surface area contributed by atoms with Gasteiger partial charge in [0.1, 0.15) is 11.9 Å². The molecule has 0 fully saturated rings. The van der Waals surface area contributed by atoms with Gasteiger partial charge in [-0.3, -0.25) is 0 Å². The summed E-state index contributed by atoms with van der Waals surface area (Å²) in [6.45, 7) is 1.76. The Morgan fingerprint density at radius 2 is 1.71 bits per heavy atom. The van der Waals surface area contributed by atoms with E-state index in [4.69, 9.17) is 9.15 Å². The predicted molar refractivity (Wildman–Crippen MR) is 75.7 cm³/mol. The minimum Gasteiger partial charge on any atom is -0.456 e. The van der Waals surface area contributed by atoms with E-state index in [1.807, 2.05) is 0 Å². The molecule has 24 heavy (non-hydrogen) atoms. The highest BCUT2D eigenvalue weighted by Crippen LogP contribution is 2.24. The summed E-state index contributed by atoms with van der Waals surface area (Å²) in [5.74, 6) is -1.21. The fourth-order valence-corrected chi connectivity index (χ4v) is 1.89. The zero-order valence-corrected chi connectivity index (χ0v) is 12.4. The second-order valence-electron chi connectivity index (χ2n) is 4.81. The van der Waals surface area contributed by atoms with Crippen LogP contribution in [-0.4, -0.2) is 20.2 Å². The number of alkyl halides is 2. The molecule has 0 radical (unpaired) electrons. The van der Waals surface area contributed by atoms with Gasteiger partial charge in [0.25, 0.3) is 11.8 Å². The molecule has 0 amide bonds. The van der Waals surface area contributed by atoms with Crippen LogP contribution in [0.3, 0.4) is 0 Å². The van der Waals surface area contributed by atoms with Crippen molar-refractivity contribution in [2.75, 3.05) is 0 Å². The number of benzene rings is 1. The Kier molecular flexibility index (Phi) is 4.41. The maximum atomic E-state index is 12.9. The monoisotopic (exact) mass is 336 g/mol. The quantitative estimate of drug-likeness (QED) is 0.706. The highest BCUT2D eigenvalue weighted by Gasteiger charge is 2.17. The summed E-state index contributed by atoms with van der Waals surface area (Å²) in [5, 5.41) is 6.73. The van der Waals surface area contributed by atoms with Gasteiger partial charge in [-0.15, -0.1) is 10.2 Å². The maximum Gasteiger partial charge on any atom is 0.316 e. The van der Waals surface area contributed by atoms with Gasteiger partial charge in [-0.25, -0.2) is 14.4 Å². The van der Waals surface area contributed by atoms with Crippen LogP contribution in [0.5, 0.6) is 6.01 Å². The fraction of sp³-hybridized carbons (Fsp3) is 0.200. The van der Waals surface area contributed by atoms with Gasteiger partial charge in [0, 0.05) is 12.4 Å². The Balaban J connectivity index is 1.70. The van der Waals surface area contributed by atoms with Crippen molar-refractivity contribution in [1.29, 1.82) is 0 Å². The number of rotatable bonds is 5. The van der Waals surface area contributed by atoms with Crippen LogP contribution in [0.4, 0.5) is 13.2 Å². The van der Waals surface area contributed by atoms with E-state index in [0.29, 0.717) is 0 Å². The fourth-order valence-electron chi connectivity index (χ4n) is 1.89. The van der Waals surface area contributed by atoms with Crippen LogP contribution in [0.15, 0.2) is 41.1 Å². The van der Waals surface area contributed by atoms with E-state index in [1.165, 1.54) is 24.5 Å². The second kappa shape index (κ2) is 6.65. The molecule has 0 aliphatic rings. The number of hydrogen-bond donors (Lipinski definition) is 0. The summed E-state index contributed by atoms with van der Waals surface area (Å²) in [4.78, 5) is 7.94. The summed E-state index contributed by atoms with van der Waals surface area (Å²) >= 11 is 0. The lowest BCUT2D eigenvalue weighted by molar-refractivity contribution is 0.116. The maximum absolute atomic E-state index is 12.9. The van der Waals surface area contributed by atoms with Gasteiger partial charge in [0.05, 0.1) is 5.56 Å². The highest BCUT2D eigenvalue weighted by molar-refractivity contribution is 5.49. The minimum atomic E-state index is -2.84. The second-order valence-corrected chi connectivity index (χ2v) is 4.81. The normalized spacial score (nSPS) is 12.4. The molecular weight excluding hydrogens is 325 g/mol. The van der Waals surface area contributed by atoms with Crippen LogP contribution >= 0.6 is 0 Å². The summed E-state index contributed by atoms with van der Waals surface area (Å²) < 4.78 is 48.1. The van der Waals surface area contributed by atoms with E-state index in [-0.39, 0.29) is 23.3 Å². The molecule has 1 unspecified atom stereocenters. The third kappa shape index (κ3) is 3.50. The van der Waals surface area contributed by atoms with Gasteiger partial charge in [-0.1, -0.05) is 12.1 Å². The molecule has 3 aromatic rings. The lowest BCUT2D eigenvalue weighted by atomic mass is 10.1. The van der Waals surface area contributed by atoms with Crippen LogP contribution < -0.4 is 4.74 Å². The SMILES string of the molecule is CC(Oc1ncc(-c2nnc(C(F)F)o2)cn1)c1ccc(F)cc1. The Morgan fingerprint density at radius 1 is 1.04 bits per heavy atom. The molecule has 9 heteroatoms. The molecule has 0 saturated heterocycles. The molecule has 2 heterocycles. The van der Waals surface area contributed by atoms with Crippen molar-refractivity contribution in [3.8, 4) is 17.5 Å². The lowest BCUT2D eigenvalue weighted by Gasteiger charge is -2.13. The average Bonchev–Trinajstić information content (AvgIpc) is 3.06. The molecular formula is C15H11F3N4O2. The minimum absolute atomic E-state index is 0.0733. The first-order chi connectivity index (χ1) is 11.5. The Labute approximate surface area is 134 Å². The first kappa shape index (κ1) is 15.9. The van der Waals surface area contributed by atoms with Crippen molar-refractivity contribution in [2.24, 2.45) is 0 Å². The lowest BCUT2D eigenvalue weighted by Crippen LogP contribution is -2.05. The average molecular weight is 336 g/mol. The van der Waals surface area contributed by atoms with E-state index in [9.17, 15) is 13.2 Å². The van der Waals surface area contributed by atoms with E-state index in [1.54, 1.807) is 19.1 Å².